The average molecular weight is 537 g/mol. The average Bonchev–Trinajstić information content (AvgIpc) is 3.62. The first kappa shape index (κ1) is 23.8. The van der Waals surface area contributed by atoms with E-state index in [-0.39, 0.29) is 0 Å². The van der Waals surface area contributed by atoms with Crippen molar-refractivity contribution in [2.45, 2.75) is 0 Å². The molecule has 0 radical (unpaired) electrons. The zero-order valence-electron chi connectivity index (χ0n) is 22.3. The Bertz CT molecular complexity index is 2430. The van der Waals surface area contributed by atoms with Crippen LogP contribution in [-0.4, -0.2) is 0 Å². The van der Waals surface area contributed by atoms with Gasteiger partial charge in [0.25, 0.3) is 0 Å². The number of fused-ring (bicyclic) bond motifs is 6. The van der Waals surface area contributed by atoms with Crippen LogP contribution in [0.5, 0.6) is 0 Å². The molecule has 8 rings (SSSR count). The van der Waals surface area contributed by atoms with Crippen LogP contribution in [0.25, 0.3) is 77.3 Å². The Labute approximate surface area is 240 Å². The summed E-state index contributed by atoms with van der Waals surface area (Å²) in [5.74, 6) is 0. The SMILES string of the molecule is N#Cc1c(-c2ccc3oc4ccccc4c3c2)cc(-c2cccc3c2oc2ccccc23)c(C#N)c1-c1ccccc1. The Morgan fingerprint density at radius 2 is 1.05 bits per heavy atom. The molecule has 0 N–H and O–H groups in total. The van der Waals surface area contributed by atoms with Gasteiger partial charge in [0, 0.05) is 43.8 Å². The molecule has 0 fully saturated rings. The molecule has 0 aliphatic rings. The van der Waals surface area contributed by atoms with E-state index in [2.05, 4.69) is 18.2 Å². The van der Waals surface area contributed by atoms with Gasteiger partial charge >= 0.3 is 0 Å². The van der Waals surface area contributed by atoms with E-state index in [0.29, 0.717) is 27.8 Å². The first-order valence-electron chi connectivity index (χ1n) is 13.6. The molecule has 8 aromatic rings. The lowest BCUT2D eigenvalue weighted by Gasteiger charge is -2.17. The maximum atomic E-state index is 10.6. The van der Waals surface area contributed by atoms with Gasteiger partial charge in [0.1, 0.15) is 34.5 Å². The van der Waals surface area contributed by atoms with Crippen molar-refractivity contribution < 1.29 is 8.83 Å². The minimum absolute atomic E-state index is 0.435. The van der Waals surface area contributed by atoms with Gasteiger partial charge in [0.2, 0.25) is 0 Å². The molecular formula is C38H20N2O2. The number of nitriles is 2. The molecule has 2 heterocycles. The number of para-hydroxylation sites is 3. The zero-order chi connectivity index (χ0) is 28.2. The Morgan fingerprint density at radius 3 is 1.81 bits per heavy atom. The normalized spacial score (nSPS) is 11.3. The van der Waals surface area contributed by atoms with E-state index < -0.39 is 0 Å². The van der Waals surface area contributed by atoms with Gasteiger partial charge in [-0.1, -0.05) is 91.0 Å². The van der Waals surface area contributed by atoms with E-state index in [9.17, 15) is 10.5 Å². The van der Waals surface area contributed by atoms with Gasteiger partial charge in [-0.25, -0.2) is 0 Å². The molecule has 2 aromatic heterocycles. The van der Waals surface area contributed by atoms with Crippen LogP contribution in [0.15, 0.2) is 130 Å². The fraction of sp³-hybridized carbons (Fsp3) is 0. The molecule has 4 nitrogen and oxygen atoms in total. The highest BCUT2D eigenvalue weighted by Gasteiger charge is 2.24. The minimum atomic E-state index is 0.435. The molecule has 0 amide bonds. The van der Waals surface area contributed by atoms with Crippen LogP contribution in [0.1, 0.15) is 11.1 Å². The lowest BCUT2D eigenvalue weighted by molar-refractivity contribution is 0.669. The lowest BCUT2D eigenvalue weighted by Crippen LogP contribution is -1.98. The molecule has 4 heteroatoms. The summed E-state index contributed by atoms with van der Waals surface area (Å²) in [5.41, 5.74) is 8.51. The summed E-state index contributed by atoms with van der Waals surface area (Å²) in [6.07, 6.45) is 0. The number of rotatable bonds is 3. The molecule has 194 valence electrons. The van der Waals surface area contributed by atoms with Crippen molar-refractivity contribution in [3.05, 3.63) is 132 Å². The summed E-state index contributed by atoms with van der Waals surface area (Å²) in [4.78, 5) is 0. The summed E-state index contributed by atoms with van der Waals surface area (Å²) in [6, 6.07) is 44.4. The number of furan rings is 2. The molecular weight excluding hydrogens is 516 g/mol. The molecule has 42 heavy (non-hydrogen) atoms. The van der Waals surface area contributed by atoms with Crippen molar-refractivity contribution in [1.82, 2.24) is 0 Å². The molecule has 0 aliphatic carbocycles. The van der Waals surface area contributed by atoms with E-state index in [0.717, 1.165) is 60.5 Å². The molecule has 0 bridgehead atoms. The number of hydrogen-bond donors (Lipinski definition) is 0. The Morgan fingerprint density at radius 1 is 0.429 bits per heavy atom. The van der Waals surface area contributed by atoms with E-state index in [1.165, 1.54) is 0 Å². The van der Waals surface area contributed by atoms with Crippen LogP contribution in [0.2, 0.25) is 0 Å². The van der Waals surface area contributed by atoms with Crippen LogP contribution in [0, 0.1) is 22.7 Å². The van der Waals surface area contributed by atoms with E-state index in [4.69, 9.17) is 8.83 Å². The molecule has 0 atom stereocenters. The van der Waals surface area contributed by atoms with Crippen molar-refractivity contribution in [2.75, 3.05) is 0 Å². The van der Waals surface area contributed by atoms with Gasteiger partial charge in [-0.05, 0) is 41.5 Å². The van der Waals surface area contributed by atoms with E-state index in [1.807, 2.05) is 115 Å². The molecule has 0 saturated carbocycles. The standard InChI is InChI=1S/C38H20N2O2/c39-21-32-29(24-17-18-36-31(19-24)26-12-5-6-15-34(26)41-36)20-30(33(22-40)37(32)23-9-2-1-3-10-23)28-14-8-13-27-25-11-4-7-16-35(25)42-38(27)28/h1-20H. The third-order valence-corrected chi connectivity index (χ3v) is 8.00. The Kier molecular flexibility index (Phi) is 5.22. The topological polar surface area (TPSA) is 73.9 Å². The van der Waals surface area contributed by atoms with E-state index in [1.54, 1.807) is 0 Å². The van der Waals surface area contributed by atoms with Crippen LogP contribution >= 0.6 is 0 Å². The predicted molar refractivity (Wildman–Crippen MR) is 167 cm³/mol. The third kappa shape index (κ3) is 3.47. The van der Waals surface area contributed by atoms with Gasteiger partial charge < -0.3 is 8.83 Å². The van der Waals surface area contributed by atoms with Crippen molar-refractivity contribution in [3.63, 3.8) is 0 Å². The highest BCUT2D eigenvalue weighted by molar-refractivity contribution is 6.11. The summed E-state index contributed by atoms with van der Waals surface area (Å²) < 4.78 is 12.5. The first-order valence-corrected chi connectivity index (χ1v) is 13.6. The van der Waals surface area contributed by atoms with Crippen LogP contribution in [0.4, 0.5) is 0 Å². The monoisotopic (exact) mass is 536 g/mol. The quantitative estimate of drug-likeness (QED) is 0.225. The molecule has 0 saturated heterocycles. The smallest absolute Gasteiger partial charge is 0.143 e. The first-order chi connectivity index (χ1) is 20.7. The fourth-order valence-corrected chi connectivity index (χ4v) is 6.10. The van der Waals surface area contributed by atoms with E-state index >= 15 is 0 Å². The maximum absolute atomic E-state index is 10.6. The number of nitrogens with zero attached hydrogens (tertiary/aromatic N) is 2. The van der Waals surface area contributed by atoms with Gasteiger partial charge in [-0.2, -0.15) is 10.5 Å². The summed E-state index contributed by atoms with van der Waals surface area (Å²) in [6.45, 7) is 0. The van der Waals surface area contributed by atoms with Crippen molar-refractivity contribution >= 4 is 43.9 Å². The van der Waals surface area contributed by atoms with Crippen LogP contribution in [-0.2, 0) is 0 Å². The zero-order valence-corrected chi connectivity index (χ0v) is 22.3. The number of hydrogen-bond acceptors (Lipinski definition) is 4. The Hall–Kier alpha value is -6.10. The summed E-state index contributed by atoms with van der Waals surface area (Å²) in [5, 5.41) is 25.2. The largest absolute Gasteiger partial charge is 0.456 e. The molecule has 0 aliphatic heterocycles. The van der Waals surface area contributed by atoms with Gasteiger partial charge in [-0.3, -0.25) is 0 Å². The molecule has 6 aromatic carbocycles. The minimum Gasteiger partial charge on any atom is -0.456 e. The third-order valence-electron chi connectivity index (χ3n) is 8.00. The second-order valence-electron chi connectivity index (χ2n) is 10.3. The predicted octanol–water partition coefficient (Wildman–Crippen LogP) is 10.2. The number of benzene rings is 6. The summed E-state index contributed by atoms with van der Waals surface area (Å²) >= 11 is 0. The molecule has 0 unspecified atom stereocenters. The summed E-state index contributed by atoms with van der Waals surface area (Å²) in [7, 11) is 0. The van der Waals surface area contributed by atoms with Crippen LogP contribution < -0.4 is 0 Å². The fourth-order valence-electron chi connectivity index (χ4n) is 6.10. The molecule has 0 spiro atoms. The van der Waals surface area contributed by atoms with Gasteiger partial charge in [0.15, 0.2) is 0 Å². The second kappa shape index (κ2) is 9.24. The maximum Gasteiger partial charge on any atom is 0.143 e. The van der Waals surface area contributed by atoms with Gasteiger partial charge in [0.05, 0.1) is 11.1 Å². The Balaban J connectivity index is 1.50. The highest BCUT2D eigenvalue weighted by atomic mass is 16.3. The highest BCUT2D eigenvalue weighted by Crippen LogP contribution is 2.44. The van der Waals surface area contributed by atoms with Crippen molar-refractivity contribution in [1.29, 1.82) is 10.5 Å². The second-order valence-corrected chi connectivity index (χ2v) is 10.3. The van der Waals surface area contributed by atoms with Crippen molar-refractivity contribution in [3.8, 4) is 45.5 Å². The van der Waals surface area contributed by atoms with Gasteiger partial charge in [-0.15, -0.1) is 0 Å². The van der Waals surface area contributed by atoms with Crippen LogP contribution in [0.3, 0.4) is 0 Å². The van der Waals surface area contributed by atoms with Crippen molar-refractivity contribution in [2.24, 2.45) is 0 Å². The lowest BCUT2D eigenvalue weighted by atomic mass is 9.83.